The van der Waals surface area contributed by atoms with Crippen molar-refractivity contribution >= 4 is 17.7 Å². The van der Waals surface area contributed by atoms with E-state index in [0.29, 0.717) is 0 Å². The molecule has 0 radical (unpaired) electrons. The molecule has 1 aromatic carbocycles. The van der Waals surface area contributed by atoms with E-state index in [0.717, 1.165) is 49.8 Å². The van der Waals surface area contributed by atoms with Crippen molar-refractivity contribution in [3.8, 4) is 0 Å². The topological polar surface area (TPSA) is 36.7 Å². The molecule has 1 amide bonds. The van der Waals surface area contributed by atoms with Gasteiger partial charge in [0.2, 0.25) is 5.91 Å². The summed E-state index contributed by atoms with van der Waals surface area (Å²) in [7, 11) is 0. The Morgan fingerprint density at radius 2 is 1.88 bits per heavy atom. The van der Waals surface area contributed by atoms with Gasteiger partial charge in [0.1, 0.15) is 5.76 Å². The first kappa shape index (κ1) is 17.1. The fraction of sp³-hybridized carbons (Fsp3) is 0.421. The highest BCUT2D eigenvalue weighted by Crippen LogP contribution is 2.27. The largest absolute Gasteiger partial charge is 0.468 e. The summed E-state index contributed by atoms with van der Waals surface area (Å²) in [4.78, 5) is 18.3. The predicted octanol–water partition coefficient (Wildman–Crippen LogP) is 3.49. The Balaban J connectivity index is 1.51. The summed E-state index contributed by atoms with van der Waals surface area (Å²) in [5.74, 6) is 1.25. The van der Waals surface area contributed by atoms with Gasteiger partial charge in [0.05, 0.1) is 18.1 Å². The van der Waals surface area contributed by atoms with Crippen molar-refractivity contribution < 1.29 is 9.21 Å². The molecule has 1 saturated heterocycles. The molecule has 1 fully saturated rings. The molecule has 0 spiro atoms. The number of amides is 1. The lowest BCUT2D eigenvalue weighted by Gasteiger charge is -2.35. The van der Waals surface area contributed by atoms with Crippen LogP contribution in [-0.2, 0) is 11.3 Å². The van der Waals surface area contributed by atoms with Gasteiger partial charge in [-0.1, -0.05) is 25.1 Å². The van der Waals surface area contributed by atoms with Crippen molar-refractivity contribution in [3.63, 3.8) is 0 Å². The van der Waals surface area contributed by atoms with Crippen LogP contribution in [0.1, 0.15) is 19.1 Å². The first-order chi connectivity index (χ1) is 11.8. The summed E-state index contributed by atoms with van der Waals surface area (Å²) in [5, 5.41) is 0.00373. The molecule has 1 atom stereocenters. The number of carbonyl (C=O) groups is 1. The maximum Gasteiger partial charge on any atom is 0.236 e. The highest BCUT2D eigenvalue weighted by atomic mass is 32.2. The van der Waals surface area contributed by atoms with Crippen LogP contribution in [0.3, 0.4) is 0 Å². The van der Waals surface area contributed by atoms with Gasteiger partial charge in [0.15, 0.2) is 0 Å². The molecule has 2 heterocycles. The second-order valence-corrected chi connectivity index (χ2v) is 7.28. The number of furan rings is 1. The molecule has 2 aromatic rings. The summed E-state index contributed by atoms with van der Waals surface area (Å²) in [6.07, 6.45) is 2.56. The molecule has 0 bridgehead atoms. The standard InChI is InChI=1S/C19H24N2O2S/c1-2-18(24-17-8-4-3-5-9-17)19(22)21-12-10-20(11-13-21)15-16-7-6-14-23-16/h3-9,14,18H,2,10-13,15H2,1H3. The monoisotopic (exact) mass is 344 g/mol. The van der Waals surface area contributed by atoms with Crippen LogP contribution in [0.15, 0.2) is 58.0 Å². The van der Waals surface area contributed by atoms with Crippen molar-refractivity contribution in [2.24, 2.45) is 0 Å². The van der Waals surface area contributed by atoms with E-state index >= 15 is 0 Å². The van der Waals surface area contributed by atoms with Crippen molar-refractivity contribution in [1.29, 1.82) is 0 Å². The highest BCUT2D eigenvalue weighted by Gasteiger charge is 2.27. The molecule has 3 rings (SSSR count). The van der Waals surface area contributed by atoms with E-state index < -0.39 is 0 Å². The molecule has 1 aliphatic rings. The third kappa shape index (κ3) is 4.42. The van der Waals surface area contributed by atoms with Crippen LogP contribution in [0.5, 0.6) is 0 Å². The predicted molar refractivity (Wildman–Crippen MR) is 96.9 cm³/mol. The van der Waals surface area contributed by atoms with Gasteiger partial charge in [-0.15, -0.1) is 11.8 Å². The molecule has 0 saturated carbocycles. The lowest BCUT2D eigenvalue weighted by Crippen LogP contribution is -2.50. The van der Waals surface area contributed by atoms with Gasteiger partial charge in [0.25, 0.3) is 0 Å². The number of carbonyl (C=O) groups excluding carboxylic acids is 1. The molecule has 5 heteroatoms. The molecule has 1 aromatic heterocycles. The van der Waals surface area contributed by atoms with Gasteiger partial charge in [-0.25, -0.2) is 0 Å². The molecule has 0 aliphatic carbocycles. The number of benzene rings is 1. The highest BCUT2D eigenvalue weighted by molar-refractivity contribution is 8.00. The minimum absolute atomic E-state index is 0.00373. The summed E-state index contributed by atoms with van der Waals surface area (Å²) in [5.41, 5.74) is 0. The van der Waals surface area contributed by atoms with Crippen LogP contribution in [0, 0.1) is 0 Å². The van der Waals surface area contributed by atoms with E-state index in [-0.39, 0.29) is 11.2 Å². The maximum atomic E-state index is 12.8. The molecule has 0 N–H and O–H groups in total. The molecule has 128 valence electrons. The first-order valence-corrected chi connectivity index (χ1v) is 9.39. The maximum absolute atomic E-state index is 12.8. The SMILES string of the molecule is CCC(Sc1ccccc1)C(=O)N1CCN(Cc2ccco2)CC1. The lowest BCUT2D eigenvalue weighted by molar-refractivity contribution is -0.132. The zero-order valence-electron chi connectivity index (χ0n) is 14.1. The minimum Gasteiger partial charge on any atom is -0.468 e. The van der Waals surface area contributed by atoms with E-state index in [2.05, 4.69) is 24.0 Å². The fourth-order valence-electron chi connectivity index (χ4n) is 2.92. The Morgan fingerprint density at radius 1 is 1.12 bits per heavy atom. The van der Waals surface area contributed by atoms with Crippen LogP contribution in [-0.4, -0.2) is 47.1 Å². The van der Waals surface area contributed by atoms with Crippen molar-refractivity contribution in [1.82, 2.24) is 9.80 Å². The van der Waals surface area contributed by atoms with Crippen LogP contribution < -0.4 is 0 Å². The Kier molecular flexibility index (Phi) is 5.99. The average molecular weight is 344 g/mol. The third-order valence-electron chi connectivity index (χ3n) is 4.31. The van der Waals surface area contributed by atoms with Crippen LogP contribution in [0.4, 0.5) is 0 Å². The van der Waals surface area contributed by atoms with E-state index in [9.17, 15) is 4.79 Å². The first-order valence-electron chi connectivity index (χ1n) is 8.51. The zero-order chi connectivity index (χ0) is 16.8. The van der Waals surface area contributed by atoms with Crippen LogP contribution in [0.25, 0.3) is 0 Å². The minimum atomic E-state index is 0.00373. The van der Waals surface area contributed by atoms with Gasteiger partial charge < -0.3 is 9.32 Å². The molecule has 1 unspecified atom stereocenters. The summed E-state index contributed by atoms with van der Waals surface area (Å²) >= 11 is 1.68. The van der Waals surface area contributed by atoms with Gasteiger partial charge in [0, 0.05) is 31.1 Å². The molecular formula is C19H24N2O2S. The third-order valence-corrected chi connectivity index (χ3v) is 5.68. The summed E-state index contributed by atoms with van der Waals surface area (Å²) in [6.45, 7) is 6.31. The second kappa shape index (κ2) is 8.40. The fourth-order valence-corrected chi connectivity index (χ4v) is 3.98. The number of thioether (sulfide) groups is 1. The number of rotatable bonds is 6. The Hall–Kier alpha value is -1.72. The second-order valence-electron chi connectivity index (χ2n) is 6.01. The Bertz CT molecular complexity index is 622. The van der Waals surface area contributed by atoms with Crippen LogP contribution in [0.2, 0.25) is 0 Å². The van der Waals surface area contributed by atoms with Gasteiger partial charge >= 0.3 is 0 Å². The average Bonchev–Trinajstić information content (AvgIpc) is 3.14. The molecule has 4 nitrogen and oxygen atoms in total. The quantitative estimate of drug-likeness (QED) is 0.752. The van der Waals surface area contributed by atoms with Crippen molar-refractivity contribution in [2.75, 3.05) is 26.2 Å². The van der Waals surface area contributed by atoms with Crippen molar-refractivity contribution in [3.05, 3.63) is 54.5 Å². The zero-order valence-corrected chi connectivity index (χ0v) is 14.9. The van der Waals surface area contributed by atoms with Gasteiger partial charge in [-0.2, -0.15) is 0 Å². The van der Waals surface area contributed by atoms with E-state index in [1.54, 1.807) is 18.0 Å². The number of hydrogen-bond donors (Lipinski definition) is 0. The normalized spacial score (nSPS) is 17.0. The smallest absolute Gasteiger partial charge is 0.236 e. The summed E-state index contributed by atoms with van der Waals surface area (Å²) < 4.78 is 5.41. The van der Waals surface area contributed by atoms with E-state index in [1.807, 2.05) is 35.2 Å². The van der Waals surface area contributed by atoms with E-state index in [4.69, 9.17) is 4.42 Å². The Labute approximate surface area is 147 Å². The lowest BCUT2D eigenvalue weighted by atomic mass is 10.2. The molecular weight excluding hydrogens is 320 g/mol. The van der Waals surface area contributed by atoms with Crippen molar-refractivity contribution in [2.45, 2.75) is 30.0 Å². The Morgan fingerprint density at radius 3 is 2.50 bits per heavy atom. The van der Waals surface area contributed by atoms with Crippen LogP contribution >= 0.6 is 11.8 Å². The molecule has 24 heavy (non-hydrogen) atoms. The van der Waals surface area contributed by atoms with Gasteiger partial charge in [-0.05, 0) is 30.7 Å². The summed E-state index contributed by atoms with van der Waals surface area (Å²) in [6, 6.07) is 14.1. The number of nitrogens with zero attached hydrogens (tertiary/aromatic N) is 2. The molecule has 1 aliphatic heterocycles. The number of hydrogen-bond acceptors (Lipinski definition) is 4. The van der Waals surface area contributed by atoms with E-state index in [1.165, 1.54) is 0 Å². The number of piperazine rings is 1. The van der Waals surface area contributed by atoms with Gasteiger partial charge in [-0.3, -0.25) is 9.69 Å².